The second-order valence-corrected chi connectivity index (χ2v) is 12.0. The van der Waals surface area contributed by atoms with Gasteiger partial charge < -0.3 is 10.2 Å². The van der Waals surface area contributed by atoms with Crippen LogP contribution in [0.4, 0.5) is 0 Å². The number of aliphatic carboxylic acids is 2. The molecule has 0 spiro atoms. The first-order valence-electron chi connectivity index (χ1n) is 13.1. The first kappa shape index (κ1) is 29.8. The first-order valence-corrected chi connectivity index (χ1v) is 14.4. The molecule has 0 fully saturated rings. The number of rotatable bonds is 17. The zero-order valence-electron chi connectivity index (χ0n) is 21.9. The van der Waals surface area contributed by atoms with Crippen molar-refractivity contribution in [2.24, 2.45) is 0 Å². The van der Waals surface area contributed by atoms with Gasteiger partial charge in [-0.2, -0.15) is 0 Å². The number of carboxylic acids is 2. The minimum atomic E-state index is -1.53. The molecule has 4 unspecified atom stereocenters. The molecule has 36 heavy (non-hydrogen) atoms. The minimum absolute atomic E-state index is 0.0528. The van der Waals surface area contributed by atoms with Gasteiger partial charge in [0.25, 0.3) is 0 Å². The van der Waals surface area contributed by atoms with Crippen LogP contribution in [-0.2, 0) is 31.2 Å². The Morgan fingerprint density at radius 3 is 1.89 bits per heavy atom. The fourth-order valence-corrected chi connectivity index (χ4v) is 7.01. The zero-order valence-corrected chi connectivity index (χ0v) is 22.8. The highest BCUT2D eigenvalue weighted by molar-refractivity contribution is 7.86. The van der Waals surface area contributed by atoms with Gasteiger partial charge in [0.15, 0.2) is 0 Å². The van der Waals surface area contributed by atoms with E-state index in [1.165, 1.54) is 0 Å². The molecule has 0 aromatic heterocycles. The summed E-state index contributed by atoms with van der Waals surface area (Å²) in [5.41, 5.74) is 0.753. The fourth-order valence-electron chi connectivity index (χ4n) is 5.23. The van der Waals surface area contributed by atoms with E-state index < -0.39 is 38.8 Å². The van der Waals surface area contributed by atoms with Gasteiger partial charge in [-0.3, -0.25) is 13.8 Å². The van der Waals surface area contributed by atoms with Gasteiger partial charge in [0.2, 0.25) is 0 Å². The highest BCUT2D eigenvalue weighted by Gasteiger charge is 2.44. The van der Waals surface area contributed by atoms with Crippen LogP contribution in [0.1, 0.15) is 89.7 Å². The summed E-state index contributed by atoms with van der Waals surface area (Å²) >= 11 is 0. The summed E-state index contributed by atoms with van der Waals surface area (Å²) in [4.78, 5) is 23.9. The molecule has 0 aliphatic heterocycles. The largest absolute Gasteiger partial charge is 0.481 e. The van der Waals surface area contributed by atoms with Crippen molar-refractivity contribution in [2.75, 3.05) is 5.75 Å². The van der Waals surface area contributed by atoms with Crippen LogP contribution in [0, 0.1) is 0 Å². The zero-order chi connectivity index (χ0) is 26.6. The normalized spacial score (nSPS) is 16.4. The first-order chi connectivity index (χ1) is 17.1. The lowest BCUT2D eigenvalue weighted by Crippen LogP contribution is -2.46. The standard InChI is InChI=1S/C30H42O5S/c1-4-5-13-21-30(3,25-18-11-7-12-19-25)27(28(33)34)36(35)22-15-8-14-20-29(2,23-26(31)32)24-16-9-6-10-17-24/h6-7,9-12,16-19,27H,4-5,8,13-15,20-23H2,1-3H3,(H,31,32)(H,33,34). The molecule has 0 saturated carbocycles. The van der Waals surface area contributed by atoms with E-state index in [0.29, 0.717) is 25.0 Å². The Bertz CT molecular complexity index is 977. The second kappa shape index (κ2) is 14.3. The summed E-state index contributed by atoms with van der Waals surface area (Å²) in [6.07, 6.45) is 6.59. The van der Waals surface area contributed by atoms with Crippen molar-refractivity contribution in [3.8, 4) is 0 Å². The van der Waals surface area contributed by atoms with E-state index in [9.17, 15) is 24.0 Å². The van der Waals surface area contributed by atoms with E-state index in [4.69, 9.17) is 0 Å². The number of hydrogen-bond acceptors (Lipinski definition) is 3. The average molecular weight is 515 g/mol. The Hall–Kier alpha value is -2.47. The monoisotopic (exact) mass is 514 g/mol. The maximum Gasteiger partial charge on any atom is 0.320 e. The van der Waals surface area contributed by atoms with Gasteiger partial charge in [-0.05, 0) is 30.4 Å². The van der Waals surface area contributed by atoms with Gasteiger partial charge in [-0.25, -0.2) is 0 Å². The molecule has 2 aromatic rings. The number of benzene rings is 2. The number of hydrogen-bond donors (Lipinski definition) is 2. The quantitative estimate of drug-likeness (QED) is 0.229. The van der Waals surface area contributed by atoms with Crippen molar-refractivity contribution in [1.29, 1.82) is 0 Å². The van der Waals surface area contributed by atoms with Crippen molar-refractivity contribution < 1.29 is 24.0 Å². The van der Waals surface area contributed by atoms with Crippen LogP contribution in [0.5, 0.6) is 0 Å². The third-order valence-electron chi connectivity index (χ3n) is 7.38. The molecule has 0 radical (unpaired) electrons. The summed E-state index contributed by atoms with van der Waals surface area (Å²) in [7, 11) is -1.53. The van der Waals surface area contributed by atoms with Gasteiger partial charge in [-0.15, -0.1) is 0 Å². The molecule has 2 N–H and O–H groups in total. The summed E-state index contributed by atoms with van der Waals surface area (Å²) in [5.74, 6) is -1.50. The Kier molecular flexibility index (Phi) is 11.8. The lowest BCUT2D eigenvalue weighted by molar-refractivity contribution is -0.139. The summed E-state index contributed by atoms with van der Waals surface area (Å²) < 4.78 is 13.4. The van der Waals surface area contributed by atoms with E-state index in [1.54, 1.807) is 0 Å². The van der Waals surface area contributed by atoms with Gasteiger partial charge in [0.05, 0.1) is 6.42 Å². The van der Waals surface area contributed by atoms with Crippen molar-refractivity contribution in [1.82, 2.24) is 0 Å². The van der Waals surface area contributed by atoms with Crippen molar-refractivity contribution in [3.63, 3.8) is 0 Å². The maximum absolute atomic E-state index is 13.4. The van der Waals surface area contributed by atoms with E-state index in [-0.39, 0.29) is 6.42 Å². The third kappa shape index (κ3) is 8.29. The molecule has 4 atom stereocenters. The highest BCUT2D eigenvalue weighted by atomic mass is 32.2. The predicted molar refractivity (Wildman–Crippen MR) is 147 cm³/mol. The molecule has 0 saturated heterocycles. The van der Waals surface area contributed by atoms with Gasteiger partial charge in [0, 0.05) is 27.4 Å². The van der Waals surface area contributed by atoms with Crippen LogP contribution in [0.25, 0.3) is 0 Å². The Balaban J connectivity index is 2.05. The summed E-state index contributed by atoms with van der Waals surface area (Å²) in [6.45, 7) is 6.05. The molecule has 2 aromatic carbocycles. The lowest BCUT2D eigenvalue weighted by Gasteiger charge is -2.35. The van der Waals surface area contributed by atoms with Crippen LogP contribution in [0.3, 0.4) is 0 Å². The fraction of sp³-hybridized carbons (Fsp3) is 0.533. The van der Waals surface area contributed by atoms with Crippen LogP contribution < -0.4 is 0 Å². The van der Waals surface area contributed by atoms with Gasteiger partial charge in [-0.1, -0.05) is 114 Å². The number of carbonyl (C=O) groups is 2. The highest BCUT2D eigenvalue weighted by Crippen LogP contribution is 2.37. The third-order valence-corrected chi connectivity index (χ3v) is 9.32. The van der Waals surface area contributed by atoms with Gasteiger partial charge in [0.1, 0.15) is 5.25 Å². The second-order valence-electron chi connectivity index (χ2n) is 10.4. The van der Waals surface area contributed by atoms with E-state index >= 15 is 0 Å². The summed E-state index contributed by atoms with van der Waals surface area (Å²) in [5, 5.41) is 18.6. The molecule has 6 heteroatoms. The molecule has 0 bridgehead atoms. The van der Waals surface area contributed by atoms with E-state index in [0.717, 1.165) is 43.2 Å². The Labute approximate surface area is 218 Å². The van der Waals surface area contributed by atoms with Crippen LogP contribution in [0.2, 0.25) is 0 Å². The Morgan fingerprint density at radius 2 is 1.36 bits per heavy atom. The molecular weight excluding hydrogens is 472 g/mol. The topological polar surface area (TPSA) is 91.7 Å². The average Bonchev–Trinajstić information content (AvgIpc) is 2.84. The van der Waals surface area contributed by atoms with E-state index in [2.05, 4.69) is 6.92 Å². The maximum atomic E-state index is 13.4. The van der Waals surface area contributed by atoms with Crippen LogP contribution in [-0.4, -0.2) is 37.4 Å². The minimum Gasteiger partial charge on any atom is -0.481 e. The molecule has 0 aliphatic rings. The molecule has 198 valence electrons. The van der Waals surface area contributed by atoms with Crippen LogP contribution >= 0.6 is 0 Å². The van der Waals surface area contributed by atoms with E-state index in [1.807, 2.05) is 74.5 Å². The molecule has 0 amide bonds. The lowest BCUT2D eigenvalue weighted by atomic mass is 9.75. The van der Waals surface area contributed by atoms with Gasteiger partial charge >= 0.3 is 11.9 Å². The van der Waals surface area contributed by atoms with Crippen molar-refractivity contribution in [3.05, 3.63) is 71.8 Å². The number of carboxylic acid groups (broad SMARTS) is 2. The molecule has 0 aliphatic carbocycles. The Morgan fingerprint density at radius 1 is 0.806 bits per heavy atom. The molecule has 2 rings (SSSR count). The summed E-state index contributed by atoms with van der Waals surface area (Å²) in [6, 6.07) is 19.4. The van der Waals surface area contributed by atoms with Crippen molar-refractivity contribution >= 4 is 22.7 Å². The smallest absolute Gasteiger partial charge is 0.320 e. The molecular formula is C30H42O5S. The predicted octanol–water partition coefficient (Wildman–Crippen LogP) is 6.72. The SMILES string of the molecule is CCCCCC(C)(c1ccccc1)C(C(=O)O)S(=O)CCCCCC(C)(CC(=O)O)c1ccccc1. The van der Waals surface area contributed by atoms with Crippen molar-refractivity contribution in [2.45, 2.75) is 94.6 Å². The van der Waals surface area contributed by atoms with Crippen LogP contribution in [0.15, 0.2) is 60.7 Å². The molecule has 0 heterocycles. The number of unbranched alkanes of at least 4 members (excludes halogenated alkanes) is 4. The molecule has 5 nitrogen and oxygen atoms in total.